The van der Waals surface area contributed by atoms with Gasteiger partial charge in [-0.2, -0.15) is 5.10 Å². The van der Waals surface area contributed by atoms with Gasteiger partial charge in [-0.1, -0.05) is 41.9 Å². The van der Waals surface area contributed by atoms with Crippen molar-refractivity contribution in [1.29, 1.82) is 0 Å². The quantitative estimate of drug-likeness (QED) is 0.767. The maximum absolute atomic E-state index is 12.1. The van der Waals surface area contributed by atoms with Crippen LogP contribution in [0, 0.1) is 0 Å². The lowest BCUT2D eigenvalue weighted by Crippen LogP contribution is -2.31. The summed E-state index contributed by atoms with van der Waals surface area (Å²) in [5.74, 6) is -0.219. The summed E-state index contributed by atoms with van der Waals surface area (Å²) in [4.78, 5) is 24.0. The molecule has 0 fully saturated rings. The molecule has 1 amide bonds. The van der Waals surface area contributed by atoms with E-state index in [-0.39, 0.29) is 11.5 Å². The molecule has 3 aromatic rings. The SMILES string of the molecule is O=C(NCCn1nc(-c2ccccc2)ccc1=O)c1ccc(Cl)cc1. The minimum atomic E-state index is -0.219. The normalized spacial score (nSPS) is 10.4. The zero-order valence-electron chi connectivity index (χ0n) is 13.4. The van der Waals surface area contributed by atoms with E-state index in [1.165, 1.54) is 10.7 Å². The monoisotopic (exact) mass is 353 g/mol. The lowest BCUT2D eigenvalue weighted by atomic mass is 10.1. The number of carbonyl (C=O) groups excluding carboxylic acids is 1. The van der Waals surface area contributed by atoms with Crippen molar-refractivity contribution in [1.82, 2.24) is 15.1 Å². The van der Waals surface area contributed by atoms with Gasteiger partial charge in [-0.3, -0.25) is 9.59 Å². The molecular weight excluding hydrogens is 338 g/mol. The van der Waals surface area contributed by atoms with Gasteiger partial charge in [-0.25, -0.2) is 4.68 Å². The molecular formula is C19H16ClN3O2. The summed E-state index contributed by atoms with van der Waals surface area (Å²) in [5.41, 5.74) is 1.95. The molecule has 5 nitrogen and oxygen atoms in total. The summed E-state index contributed by atoms with van der Waals surface area (Å²) >= 11 is 5.81. The molecule has 0 saturated carbocycles. The second-order valence-corrected chi connectivity index (χ2v) is 5.85. The van der Waals surface area contributed by atoms with E-state index in [0.717, 1.165) is 5.56 Å². The van der Waals surface area contributed by atoms with Gasteiger partial charge in [0, 0.05) is 28.8 Å². The highest BCUT2D eigenvalue weighted by molar-refractivity contribution is 6.30. The highest BCUT2D eigenvalue weighted by atomic mass is 35.5. The average Bonchev–Trinajstić information content (AvgIpc) is 2.64. The first kappa shape index (κ1) is 16.9. The first-order chi connectivity index (χ1) is 12.1. The molecule has 0 saturated heterocycles. The van der Waals surface area contributed by atoms with Gasteiger partial charge in [0.1, 0.15) is 0 Å². The lowest BCUT2D eigenvalue weighted by Gasteiger charge is -2.08. The Bertz CT molecular complexity index is 921. The smallest absolute Gasteiger partial charge is 0.266 e. The van der Waals surface area contributed by atoms with E-state index in [9.17, 15) is 9.59 Å². The number of hydrogen-bond donors (Lipinski definition) is 1. The van der Waals surface area contributed by atoms with E-state index < -0.39 is 0 Å². The molecule has 0 aliphatic heterocycles. The molecule has 0 aliphatic carbocycles. The van der Waals surface area contributed by atoms with Gasteiger partial charge in [0.2, 0.25) is 0 Å². The Balaban J connectivity index is 1.66. The molecule has 25 heavy (non-hydrogen) atoms. The van der Waals surface area contributed by atoms with Crippen LogP contribution in [0.25, 0.3) is 11.3 Å². The van der Waals surface area contributed by atoms with Gasteiger partial charge >= 0.3 is 0 Å². The van der Waals surface area contributed by atoms with E-state index in [0.29, 0.717) is 29.4 Å². The van der Waals surface area contributed by atoms with Crippen molar-refractivity contribution in [2.75, 3.05) is 6.54 Å². The van der Waals surface area contributed by atoms with Crippen LogP contribution in [0.5, 0.6) is 0 Å². The van der Waals surface area contributed by atoms with Crippen LogP contribution in [0.1, 0.15) is 10.4 Å². The molecule has 1 N–H and O–H groups in total. The highest BCUT2D eigenvalue weighted by Crippen LogP contribution is 2.14. The number of rotatable bonds is 5. The van der Waals surface area contributed by atoms with Crippen LogP contribution in [0.2, 0.25) is 5.02 Å². The molecule has 0 spiro atoms. The number of carbonyl (C=O) groups is 1. The number of halogens is 1. The predicted octanol–water partition coefficient (Wildman–Crippen LogP) is 2.99. The zero-order valence-corrected chi connectivity index (χ0v) is 14.1. The largest absolute Gasteiger partial charge is 0.350 e. The Kier molecular flexibility index (Phi) is 5.26. The minimum absolute atomic E-state index is 0.208. The third kappa shape index (κ3) is 4.33. The van der Waals surface area contributed by atoms with Crippen molar-refractivity contribution in [2.24, 2.45) is 0 Å². The fourth-order valence-electron chi connectivity index (χ4n) is 2.35. The summed E-state index contributed by atoms with van der Waals surface area (Å²) in [6, 6.07) is 19.4. The highest BCUT2D eigenvalue weighted by Gasteiger charge is 2.06. The van der Waals surface area contributed by atoms with E-state index in [1.807, 2.05) is 30.3 Å². The van der Waals surface area contributed by atoms with Crippen LogP contribution < -0.4 is 10.9 Å². The molecule has 3 rings (SSSR count). The second-order valence-electron chi connectivity index (χ2n) is 5.41. The number of hydrogen-bond acceptors (Lipinski definition) is 3. The first-order valence-corrected chi connectivity index (χ1v) is 8.18. The molecule has 2 aromatic carbocycles. The molecule has 0 unspecified atom stereocenters. The maximum Gasteiger partial charge on any atom is 0.266 e. The molecule has 0 atom stereocenters. The van der Waals surface area contributed by atoms with Crippen molar-refractivity contribution in [3.05, 3.63) is 87.7 Å². The van der Waals surface area contributed by atoms with Crippen LogP contribution >= 0.6 is 11.6 Å². The predicted molar refractivity (Wildman–Crippen MR) is 97.7 cm³/mol. The zero-order chi connectivity index (χ0) is 17.6. The molecule has 1 heterocycles. The number of nitrogens with one attached hydrogen (secondary N) is 1. The molecule has 0 radical (unpaired) electrons. The van der Waals surface area contributed by atoms with E-state index >= 15 is 0 Å². The summed E-state index contributed by atoms with van der Waals surface area (Å²) in [7, 11) is 0. The number of nitrogens with zero attached hydrogens (tertiary/aromatic N) is 2. The molecule has 1 aromatic heterocycles. The van der Waals surface area contributed by atoms with Crippen molar-refractivity contribution in [3.8, 4) is 11.3 Å². The van der Waals surface area contributed by atoms with Gasteiger partial charge in [-0.15, -0.1) is 0 Å². The van der Waals surface area contributed by atoms with E-state index in [2.05, 4.69) is 10.4 Å². The van der Waals surface area contributed by atoms with Crippen molar-refractivity contribution < 1.29 is 4.79 Å². The van der Waals surface area contributed by atoms with Gasteiger partial charge in [-0.05, 0) is 30.3 Å². The Morgan fingerprint density at radius 1 is 1.00 bits per heavy atom. The summed E-state index contributed by atoms with van der Waals surface area (Å²) < 4.78 is 1.35. The Morgan fingerprint density at radius 3 is 2.44 bits per heavy atom. The third-order valence-electron chi connectivity index (χ3n) is 3.65. The maximum atomic E-state index is 12.1. The number of benzene rings is 2. The lowest BCUT2D eigenvalue weighted by molar-refractivity contribution is 0.0952. The number of aromatic nitrogens is 2. The average molecular weight is 354 g/mol. The standard InChI is InChI=1S/C19H16ClN3O2/c20-16-8-6-15(7-9-16)19(25)21-12-13-23-18(24)11-10-17(22-23)14-4-2-1-3-5-14/h1-11H,12-13H2,(H,21,25). The third-order valence-corrected chi connectivity index (χ3v) is 3.90. The number of amides is 1. The van der Waals surface area contributed by atoms with Crippen LogP contribution in [0.15, 0.2) is 71.5 Å². The topological polar surface area (TPSA) is 64.0 Å². The molecule has 0 aliphatic rings. The van der Waals surface area contributed by atoms with E-state index in [1.54, 1.807) is 30.3 Å². The van der Waals surface area contributed by atoms with Crippen molar-refractivity contribution in [3.63, 3.8) is 0 Å². The van der Waals surface area contributed by atoms with Gasteiger partial charge in [0.25, 0.3) is 11.5 Å². The second kappa shape index (κ2) is 7.77. The van der Waals surface area contributed by atoms with Crippen molar-refractivity contribution >= 4 is 17.5 Å². The van der Waals surface area contributed by atoms with Gasteiger partial charge in [0.15, 0.2) is 0 Å². The molecule has 126 valence electrons. The Labute approximate surface area is 149 Å². The van der Waals surface area contributed by atoms with Crippen molar-refractivity contribution in [2.45, 2.75) is 6.54 Å². The van der Waals surface area contributed by atoms with Crippen LogP contribution in [-0.2, 0) is 6.54 Å². The molecule has 0 bridgehead atoms. The fraction of sp³-hybridized carbons (Fsp3) is 0.105. The minimum Gasteiger partial charge on any atom is -0.350 e. The fourth-order valence-corrected chi connectivity index (χ4v) is 2.48. The van der Waals surface area contributed by atoms with Gasteiger partial charge in [0.05, 0.1) is 12.2 Å². The Hall–Kier alpha value is -2.92. The molecule has 6 heteroatoms. The summed E-state index contributed by atoms with van der Waals surface area (Å²) in [5, 5.41) is 7.70. The Morgan fingerprint density at radius 2 is 1.72 bits per heavy atom. The van der Waals surface area contributed by atoms with Crippen LogP contribution in [0.3, 0.4) is 0 Å². The van der Waals surface area contributed by atoms with Crippen LogP contribution in [-0.4, -0.2) is 22.2 Å². The van der Waals surface area contributed by atoms with E-state index in [4.69, 9.17) is 11.6 Å². The van der Waals surface area contributed by atoms with Gasteiger partial charge < -0.3 is 5.32 Å². The van der Waals surface area contributed by atoms with Crippen LogP contribution in [0.4, 0.5) is 0 Å². The first-order valence-electron chi connectivity index (χ1n) is 7.81. The summed E-state index contributed by atoms with van der Waals surface area (Å²) in [6.45, 7) is 0.589. The summed E-state index contributed by atoms with van der Waals surface area (Å²) in [6.07, 6.45) is 0.